The lowest BCUT2D eigenvalue weighted by Crippen LogP contribution is -2.09. The van der Waals surface area contributed by atoms with E-state index in [4.69, 9.17) is 11.6 Å². The van der Waals surface area contributed by atoms with Crippen LogP contribution >= 0.6 is 23.4 Å². The highest BCUT2D eigenvalue weighted by atomic mass is 35.5. The number of hydrogen-bond acceptors (Lipinski definition) is 2. The Morgan fingerprint density at radius 2 is 2.06 bits per heavy atom. The fourth-order valence-corrected chi connectivity index (χ4v) is 2.04. The van der Waals surface area contributed by atoms with Gasteiger partial charge in [0.2, 0.25) is 0 Å². The van der Waals surface area contributed by atoms with E-state index >= 15 is 0 Å². The van der Waals surface area contributed by atoms with Crippen molar-refractivity contribution in [2.24, 2.45) is 0 Å². The van der Waals surface area contributed by atoms with Crippen molar-refractivity contribution in [1.29, 1.82) is 0 Å². The van der Waals surface area contributed by atoms with Crippen LogP contribution in [-0.2, 0) is 17.4 Å². The number of rotatable bonds is 4. The summed E-state index contributed by atoms with van der Waals surface area (Å²) in [5, 5.41) is 0. The summed E-state index contributed by atoms with van der Waals surface area (Å²) in [6.45, 7) is 0. The van der Waals surface area contributed by atoms with Crippen LogP contribution in [0.3, 0.4) is 0 Å². The SMILES string of the molecule is CSc1ccc(C(F)(F)F)cc1CC(=O)CCl. The third-order valence-electron chi connectivity index (χ3n) is 2.14. The maximum absolute atomic E-state index is 12.5. The van der Waals surface area contributed by atoms with Gasteiger partial charge in [-0.2, -0.15) is 13.2 Å². The zero-order valence-corrected chi connectivity index (χ0v) is 10.5. The van der Waals surface area contributed by atoms with Crippen LogP contribution in [0, 0.1) is 0 Å². The van der Waals surface area contributed by atoms with Gasteiger partial charge in [-0.1, -0.05) is 0 Å². The van der Waals surface area contributed by atoms with Crippen molar-refractivity contribution in [3.63, 3.8) is 0 Å². The van der Waals surface area contributed by atoms with Gasteiger partial charge >= 0.3 is 6.18 Å². The molecule has 0 N–H and O–H groups in total. The Bertz CT molecular complexity index is 418. The van der Waals surface area contributed by atoms with Crippen LogP contribution in [-0.4, -0.2) is 17.9 Å². The Labute approximate surface area is 106 Å². The van der Waals surface area contributed by atoms with E-state index in [0.29, 0.717) is 10.5 Å². The Morgan fingerprint density at radius 3 is 2.53 bits per heavy atom. The van der Waals surface area contributed by atoms with Crippen LogP contribution in [0.4, 0.5) is 13.2 Å². The van der Waals surface area contributed by atoms with Gasteiger partial charge in [0.25, 0.3) is 0 Å². The van der Waals surface area contributed by atoms with E-state index in [1.807, 2.05) is 0 Å². The lowest BCUT2D eigenvalue weighted by Gasteiger charge is -2.11. The number of carbonyl (C=O) groups is 1. The standard InChI is InChI=1S/C11H10ClF3OS/c1-17-10-3-2-8(11(13,14)15)4-7(10)5-9(16)6-12/h2-4H,5-6H2,1H3. The van der Waals surface area contributed by atoms with Gasteiger partial charge in [-0.3, -0.25) is 4.79 Å². The zero-order valence-electron chi connectivity index (χ0n) is 8.97. The predicted octanol–water partition coefficient (Wildman–Crippen LogP) is 3.78. The first-order valence-corrected chi connectivity index (χ1v) is 6.46. The number of hydrogen-bond donors (Lipinski definition) is 0. The molecule has 0 spiro atoms. The van der Waals surface area contributed by atoms with Crippen LogP contribution in [0.5, 0.6) is 0 Å². The van der Waals surface area contributed by atoms with Crippen molar-refractivity contribution in [1.82, 2.24) is 0 Å². The number of halogens is 4. The molecule has 0 aliphatic rings. The van der Waals surface area contributed by atoms with Crippen LogP contribution in [0.15, 0.2) is 23.1 Å². The van der Waals surface area contributed by atoms with Gasteiger partial charge in [-0.15, -0.1) is 23.4 Å². The van der Waals surface area contributed by atoms with Gasteiger partial charge in [0.05, 0.1) is 11.4 Å². The molecule has 0 unspecified atom stereocenters. The quantitative estimate of drug-likeness (QED) is 0.617. The molecule has 1 rings (SSSR count). The molecular formula is C11H10ClF3OS. The summed E-state index contributed by atoms with van der Waals surface area (Å²) >= 11 is 6.65. The average molecular weight is 283 g/mol. The minimum atomic E-state index is -4.39. The molecule has 0 amide bonds. The summed E-state index contributed by atoms with van der Waals surface area (Å²) in [6, 6.07) is 3.40. The molecule has 0 saturated heterocycles. The number of alkyl halides is 4. The molecule has 0 saturated carbocycles. The second kappa shape index (κ2) is 5.78. The molecule has 1 nitrogen and oxygen atoms in total. The highest BCUT2D eigenvalue weighted by Gasteiger charge is 2.31. The first-order valence-electron chi connectivity index (χ1n) is 4.70. The maximum Gasteiger partial charge on any atom is 0.416 e. The Morgan fingerprint density at radius 1 is 1.41 bits per heavy atom. The normalized spacial score (nSPS) is 11.6. The van der Waals surface area contributed by atoms with Gasteiger partial charge in [0.1, 0.15) is 0 Å². The first kappa shape index (κ1) is 14.4. The molecule has 0 aliphatic heterocycles. The summed E-state index contributed by atoms with van der Waals surface area (Å²) < 4.78 is 37.5. The molecule has 1 aromatic rings. The molecule has 94 valence electrons. The molecule has 0 heterocycles. The number of Topliss-reactive ketones (excluding diaryl/α,β-unsaturated/α-hetero) is 1. The second-order valence-electron chi connectivity index (χ2n) is 3.37. The highest BCUT2D eigenvalue weighted by Crippen LogP contribution is 2.32. The molecule has 1 aromatic carbocycles. The monoisotopic (exact) mass is 282 g/mol. The summed E-state index contributed by atoms with van der Waals surface area (Å²) in [5.74, 6) is -0.481. The number of ketones is 1. The maximum atomic E-state index is 12.5. The molecule has 0 atom stereocenters. The van der Waals surface area contributed by atoms with Crippen molar-refractivity contribution >= 4 is 29.1 Å². The molecule has 0 aromatic heterocycles. The summed E-state index contributed by atoms with van der Waals surface area (Å²) in [7, 11) is 0. The van der Waals surface area contributed by atoms with E-state index in [0.717, 1.165) is 12.1 Å². The van der Waals surface area contributed by atoms with Crippen LogP contribution in [0.25, 0.3) is 0 Å². The average Bonchev–Trinajstić information content (AvgIpc) is 2.27. The lowest BCUT2D eigenvalue weighted by atomic mass is 10.1. The third-order valence-corrected chi connectivity index (χ3v) is 3.28. The molecular weight excluding hydrogens is 273 g/mol. The van der Waals surface area contributed by atoms with E-state index in [2.05, 4.69) is 0 Å². The van der Waals surface area contributed by atoms with Crippen molar-refractivity contribution in [2.75, 3.05) is 12.1 Å². The van der Waals surface area contributed by atoms with E-state index < -0.39 is 11.7 Å². The van der Waals surface area contributed by atoms with Crippen LogP contribution in [0.2, 0.25) is 0 Å². The van der Waals surface area contributed by atoms with E-state index in [-0.39, 0.29) is 18.1 Å². The molecule has 0 fully saturated rings. The van der Waals surface area contributed by atoms with Crippen molar-refractivity contribution in [3.05, 3.63) is 29.3 Å². The Kier molecular flexibility index (Phi) is 4.89. The molecule has 17 heavy (non-hydrogen) atoms. The van der Waals surface area contributed by atoms with E-state index in [1.165, 1.54) is 17.8 Å². The smallest absolute Gasteiger partial charge is 0.298 e. The van der Waals surface area contributed by atoms with Gasteiger partial charge in [-0.25, -0.2) is 0 Å². The number of benzene rings is 1. The van der Waals surface area contributed by atoms with Crippen molar-refractivity contribution in [3.8, 4) is 0 Å². The lowest BCUT2D eigenvalue weighted by molar-refractivity contribution is -0.137. The minimum Gasteiger partial charge on any atom is -0.298 e. The molecule has 0 bridgehead atoms. The molecule has 0 radical (unpaired) electrons. The molecule has 0 aliphatic carbocycles. The topological polar surface area (TPSA) is 17.1 Å². The van der Waals surface area contributed by atoms with E-state index in [1.54, 1.807) is 6.26 Å². The highest BCUT2D eigenvalue weighted by molar-refractivity contribution is 7.98. The summed E-state index contributed by atoms with van der Waals surface area (Å²) in [6.07, 6.45) is -2.71. The summed E-state index contributed by atoms with van der Waals surface area (Å²) in [4.78, 5) is 11.9. The second-order valence-corrected chi connectivity index (χ2v) is 4.49. The Hall–Kier alpha value is -0.680. The zero-order chi connectivity index (χ0) is 13.1. The minimum absolute atomic E-state index is 0.0659. The summed E-state index contributed by atoms with van der Waals surface area (Å²) in [5.41, 5.74) is -0.370. The van der Waals surface area contributed by atoms with Gasteiger partial charge in [0.15, 0.2) is 5.78 Å². The number of carbonyl (C=O) groups excluding carboxylic acids is 1. The fourth-order valence-electron chi connectivity index (χ4n) is 1.35. The van der Waals surface area contributed by atoms with Crippen LogP contribution in [0.1, 0.15) is 11.1 Å². The fraction of sp³-hybridized carbons (Fsp3) is 0.364. The third kappa shape index (κ3) is 3.92. The van der Waals surface area contributed by atoms with Gasteiger partial charge < -0.3 is 0 Å². The Balaban J connectivity index is 3.11. The van der Waals surface area contributed by atoms with Crippen molar-refractivity contribution < 1.29 is 18.0 Å². The first-order chi connectivity index (χ1) is 7.88. The van der Waals surface area contributed by atoms with Crippen molar-refractivity contribution in [2.45, 2.75) is 17.5 Å². The van der Waals surface area contributed by atoms with Gasteiger partial charge in [-0.05, 0) is 30.0 Å². The van der Waals surface area contributed by atoms with Crippen LogP contribution < -0.4 is 0 Å². The van der Waals surface area contributed by atoms with Gasteiger partial charge in [0, 0.05) is 11.3 Å². The molecule has 6 heteroatoms. The number of thioether (sulfide) groups is 1. The largest absolute Gasteiger partial charge is 0.416 e. The van der Waals surface area contributed by atoms with E-state index in [9.17, 15) is 18.0 Å². The predicted molar refractivity (Wildman–Crippen MR) is 62.7 cm³/mol.